The van der Waals surface area contributed by atoms with Crippen molar-refractivity contribution in [3.05, 3.63) is 35.7 Å². The van der Waals surface area contributed by atoms with Crippen molar-refractivity contribution in [3.8, 4) is 11.4 Å². The summed E-state index contributed by atoms with van der Waals surface area (Å²) in [5, 5.41) is 28.1. The Morgan fingerprint density at radius 3 is 2.19 bits per heavy atom. The first-order valence-corrected chi connectivity index (χ1v) is 10.2. The Kier molecular flexibility index (Phi) is 8.55. The second-order valence-corrected chi connectivity index (χ2v) is 9.11. The molecule has 2 N–H and O–H groups in total. The minimum atomic E-state index is -0.813. The standard InChI is InChI=1S/C22H33N5O4/c1-15(28)18-24-26-19(27-25-18)17-9-7-16(8-10-17)11-23-20(29)22(4,5)14-31-13-21(2,3)12-30-6/h7-10,15,28H,11-14H2,1-6H3,(H,23,29). The molecular weight excluding hydrogens is 398 g/mol. The summed E-state index contributed by atoms with van der Waals surface area (Å²) in [6.07, 6.45) is -0.813. The lowest BCUT2D eigenvalue weighted by Gasteiger charge is -2.28. The molecule has 31 heavy (non-hydrogen) atoms. The Bertz CT molecular complexity index is 836. The van der Waals surface area contributed by atoms with Crippen LogP contribution in [0.5, 0.6) is 0 Å². The van der Waals surface area contributed by atoms with Gasteiger partial charge in [-0.15, -0.1) is 20.4 Å². The molecule has 1 aromatic carbocycles. The van der Waals surface area contributed by atoms with Crippen molar-refractivity contribution in [1.82, 2.24) is 25.7 Å². The number of rotatable bonds is 11. The van der Waals surface area contributed by atoms with Gasteiger partial charge in [0.15, 0.2) is 0 Å². The van der Waals surface area contributed by atoms with Crippen LogP contribution in [-0.4, -0.2) is 58.3 Å². The quantitative estimate of drug-likeness (QED) is 0.556. The fourth-order valence-electron chi connectivity index (χ4n) is 2.79. The first kappa shape index (κ1) is 24.8. The number of hydrogen-bond acceptors (Lipinski definition) is 8. The number of ether oxygens (including phenoxy) is 2. The summed E-state index contributed by atoms with van der Waals surface area (Å²) in [6, 6.07) is 7.46. The van der Waals surface area contributed by atoms with E-state index >= 15 is 0 Å². The number of nitrogens with one attached hydrogen (secondary N) is 1. The third-order valence-corrected chi connectivity index (χ3v) is 4.64. The molecule has 1 unspecified atom stereocenters. The van der Waals surface area contributed by atoms with E-state index in [0.717, 1.165) is 11.1 Å². The van der Waals surface area contributed by atoms with E-state index in [0.29, 0.717) is 32.2 Å². The molecule has 0 saturated carbocycles. The summed E-state index contributed by atoms with van der Waals surface area (Å²) in [6.45, 7) is 11.2. The molecule has 0 aliphatic rings. The molecule has 1 amide bonds. The summed E-state index contributed by atoms with van der Waals surface area (Å²) in [5.74, 6) is 0.471. The molecule has 9 heteroatoms. The lowest BCUT2D eigenvalue weighted by atomic mass is 9.92. The lowest BCUT2D eigenvalue weighted by molar-refractivity contribution is -0.133. The maximum atomic E-state index is 12.6. The average Bonchev–Trinajstić information content (AvgIpc) is 2.72. The Balaban J connectivity index is 1.87. The van der Waals surface area contributed by atoms with Crippen LogP contribution in [0.25, 0.3) is 11.4 Å². The lowest BCUT2D eigenvalue weighted by Crippen LogP contribution is -2.40. The largest absolute Gasteiger partial charge is 0.385 e. The minimum absolute atomic E-state index is 0.0773. The van der Waals surface area contributed by atoms with E-state index in [2.05, 4.69) is 39.6 Å². The minimum Gasteiger partial charge on any atom is -0.385 e. The van der Waals surface area contributed by atoms with Crippen LogP contribution in [0.1, 0.15) is 52.1 Å². The van der Waals surface area contributed by atoms with Gasteiger partial charge in [-0.1, -0.05) is 38.1 Å². The third kappa shape index (κ3) is 7.61. The Morgan fingerprint density at radius 2 is 1.65 bits per heavy atom. The van der Waals surface area contributed by atoms with Crippen LogP contribution < -0.4 is 5.32 Å². The highest BCUT2D eigenvalue weighted by atomic mass is 16.5. The number of hydrogen-bond donors (Lipinski definition) is 2. The molecule has 0 aliphatic carbocycles. The molecular formula is C22H33N5O4. The monoisotopic (exact) mass is 431 g/mol. The van der Waals surface area contributed by atoms with Crippen LogP contribution in [0.3, 0.4) is 0 Å². The van der Waals surface area contributed by atoms with Gasteiger partial charge in [0.25, 0.3) is 0 Å². The van der Waals surface area contributed by atoms with Gasteiger partial charge in [0.05, 0.1) is 25.2 Å². The molecule has 0 bridgehead atoms. The number of methoxy groups -OCH3 is 1. The second kappa shape index (κ2) is 10.7. The van der Waals surface area contributed by atoms with E-state index in [4.69, 9.17) is 9.47 Å². The van der Waals surface area contributed by atoms with Crippen molar-refractivity contribution in [2.24, 2.45) is 10.8 Å². The Labute approximate surface area is 183 Å². The third-order valence-electron chi connectivity index (χ3n) is 4.64. The van der Waals surface area contributed by atoms with E-state index in [9.17, 15) is 9.90 Å². The molecule has 2 aromatic rings. The normalized spacial score (nSPS) is 13.1. The van der Waals surface area contributed by atoms with Crippen molar-refractivity contribution in [2.45, 2.75) is 47.3 Å². The fraction of sp³-hybridized carbons (Fsp3) is 0.591. The van der Waals surface area contributed by atoms with Gasteiger partial charge in [-0.2, -0.15) is 0 Å². The number of benzene rings is 1. The summed E-state index contributed by atoms with van der Waals surface area (Å²) < 4.78 is 11.0. The first-order valence-electron chi connectivity index (χ1n) is 10.2. The smallest absolute Gasteiger partial charge is 0.228 e. The van der Waals surface area contributed by atoms with Crippen LogP contribution in [0.4, 0.5) is 0 Å². The Morgan fingerprint density at radius 1 is 1.03 bits per heavy atom. The zero-order valence-electron chi connectivity index (χ0n) is 19.2. The fourth-order valence-corrected chi connectivity index (χ4v) is 2.79. The van der Waals surface area contributed by atoms with Gasteiger partial charge in [-0.3, -0.25) is 4.79 Å². The second-order valence-electron chi connectivity index (χ2n) is 9.11. The average molecular weight is 432 g/mol. The van der Waals surface area contributed by atoms with Gasteiger partial charge in [-0.05, 0) is 26.3 Å². The molecule has 0 fully saturated rings. The van der Waals surface area contributed by atoms with Gasteiger partial charge in [0.2, 0.25) is 17.6 Å². The van der Waals surface area contributed by atoms with Crippen molar-refractivity contribution >= 4 is 5.91 Å². The highest BCUT2D eigenvalue weighted by Gasteiger charge is 2.29. The van der Waals surface area contributed by atoms with Crippen LogP contribution in [-0.2, 0) is 20.8 Å². The summed E-state index contributed by atoms with van der Waals surface area (Å²) in [7, 11) is 1.67. The van der Waals surface area contributed by atoms with Gasteiger partial charge in [0, 0.05) is 24.6 Å². The predicted molar refractivity (Wildman–Crippen MR) is 116 cm³/mol. The number of aromatic nitrogens is 4. The van der Waals surface area contributed by atoms with Gasteiger partial charge in [-0.25, -0.2) is 0 Å². The van der Waals surface area contributed by atoms with Crippen LogP contribution in [0, 0.1) is 10.8 Å². The molecule has 1 aromatic heterocycles. The number of carbonyl (C=O) groups is 1. The van der Waals surface area contributed by atoms with E-state index < -0.39 is 11.5 Å². The summed E-state index contributed by atoms with van der Waals surface area (Å²) in [5.41, 5.74) is 0.935. The van der Waals surface area contributed by atoms with Gasteiger partial charge >= 0.3 is 0 Å². The van der Waals surface area contributed by atoms with E-state index in [1.165, 1.54) is 0 Å². The highest BCUT2D eigenvalue weighted by molar-refractivity contribution is 5.81. The predicted octanol–water partition coefficient (Wildman–Crippen LogP) is 2.32. The van der Waals surface area contributed by atoms with Crippen molar-refractivity contribution < 1.29 is 19.4 Å². The molecule has 0 radical (unpaired) electrons. The zero-order chi connectivity index (χ0) is 23.1. The van der Waals surface area contributed by atoms with E-state index in [-0.39, 0.29) is 17.1 Å². The molecule has 0 aliphatic heterocycles. The maximum Gasteiger partial charge on any atom is 0.228 e. The number of amides is 1. The topological polar surface area (TPSA) is 119 Å². The summed E-state index contributed by atoms with van der Waals surface area (Å²) >= 11 is 0. The number of carbonyl (C=O) groups excluding carboxylic acids is 1. The van der Waals surface area contributed by atoms with Crippen LogP contribution >= 0.6 is 0 Å². The molecule has 1 atom stereocenters. The van der Waals surface area contributed by atoms with E-state index in [1.54, 1.807) is 14.0 Å². The summed E-state index contributed by atoms with van der Waals surface area (Å²) in [4.78, 5) is 12.6. The first-order chi connectivity index (χ1) is 14.5. The molecule has 170 valence electrons. The zero-order valence-corrected chi connectivity index (χ0v) is 19.2. The van der Waals surface area contributed by atoms with Crippen LogP contribution in [0.2, 0.25) is 0 Å². The molecule has 1 heterocycles. The van der Waals surface area contributed by atoms with Gasteiger partial charge < -0.3 is 19.9 Å². The SMILES string of the molecule is COCC(C)(C)COCC(C)(C)C(=O)NCc1ccc(-c2nnc(C(C)O)nn2)cc1. The maximum absolute atomic E-state index is 12.6. The van der Waals surface area contributed by atoms with Crippen molar-refractivity contribution in [2.75, 3.05) is 26.9 Å². The highest BCUT2D eigenvalue weighted by Crippen LogP contribution is 2.21. The molecule has 0 saturated heterocycles. The number of aliphatic hydroxyl groups is 1. The number of aliphatic hydroxyl groups excluding tert-OH is 1. The van der Waals surface area contributed by atoms with E-state index in [1.807, 2.05) is 38.1 Å². The Hall–Kier alpha value is -2.49. The molecule has 9 nitrogen and oxygen atoms in total. The van der Waals surface area contributed by atoms with Crippen molar-refractivity contribution in [1.29, 1.82) is 0 Å². The van der Waals surface area contributed by atoms with Gasteiger partial charge in [0.1, 0.15) is 6.10 Å². The van der Waals surface area contributed by atoms with Crippen LogP contribution in [0.15, 0.2) is 24.3 Å². The van der Waals surface area contributed by atoms with Crippen molar-refractivity contribution in [3.63, 3.8) is 0 Å². The molecule has 2 rings (SSSR count). The number of nitrogens with zero attached hydrogens (tertiary/aromatic N) is 4. The molecule has 0 spiro atoms.